The number of aliphatic carboxylic acids is 1. The second-order valence-electron chi connectivity index (χ2n) is 3.75. The summed E-state index contributed by atoms with van der Waals surface area (Å²) in [5, 5.41) is 18.2. The third-order valence-corrected chi connectivity index (χ3v) is 2.60. The molecule has 0 aromatic heterocycles. The molecule has 1 amide bonds. The average Bonchev–Trinajstić information content (AvgIpc) is 2.58. The van der Waals surface area contributed by atoms with E-state index in [0.29, 0.717) is 6.42 Å². The lowest BCUT2D eigenvalue weighted by Gasteiger charge is -2.23. The van der Waals surface area contributed by atoms with Gasteiger partial charge >= 0.3 is 5.97 Å². The maximum Gasteiger partial charge on any atom is 0.326 e. The molecular formula is C9H16N2O4. The van der Waals surface area contributed by atoms with E-state index in [1.807, 2.05) is 0 Å². The number of nitrogens with two attached hydrogens (primary N) is 1. The van der Waals surface area contributed by atoms with Gasteiger partial charge in [-0.05, 0) is 6.42 Å². The van der Waals surface area contributed by atoms with Gasteiger partial charge in [0.1, 0.15) is 6.04 Å². The minimum Gasteiger partial charge on any atom is -0.480 e. The maximum absolute atomic E-state index is 11.7. The van der Waals surface area contributed by atoms with Gasteiger partial charge in [0.25, 0.3) is 0 Å². The number of carboxylic acid groups (broad SMARTS) is 1. The SMILES string of the molecule is CC[C@@H](N)C(=O)N1C[C@@H](O)C[C@H]1C(=O)O. The van der Waals surface area contributed by atoms with E-state index in [1.165, 1.54) is 0 Å². The van der Waals surface area contributed by atoms with Crippen LogP contribution in [0.5, 0.6) is 0 Å². The molecule has 1 heterocycles. The number of nitrogens with zero attached hydrogens (tertiary/aromatic N) is 1. The van der Waals surface area contributed by atoms with Crippen molar-refractivity contribution in [3.63, 3.8) is 0 Å². The topological polar surface area (TPSA) is 104 Å². The Kier molecular flexibility index (Phi) is 3.65. The Balaban J connectivity index is 2.75. The van der Waals surface area contributed by atoms with E-state index in [4.69, 9.17) is 10.8 Å². The Labute approximate surface area is 87.7 Å². The lowest BCUT2D eigenvalue weighted by molar-refractivity contribution is -0.148. The largest absolute Gasteiger partial charge is 0.480 e. The minimum absolute atomic E-state index is 0.0590. The normalized spacial score (nSPS) is 27.8. The van der Waals surface area contributed by atoms with Crippen LogP contribution in [0.1, 0.15) is 19.8 Å². The van der Waals surface area contributed by atoms with Crippen molar-refractivity contribution in [1.82, 2.24) is 4.90 Å². The van der Waals surface area contributed by atoms with Gasteiger partial charge in [-0.1, -0.05) is 6.92 Å². The molecule has 1 saturated heterocycles. The fourth-order valence-corrected chi connectivity index (χ4v) is 1.68. The first-order valence-electron chi connectivity index (χ1n) is 4.94. The number of hydrogen-bond donors (Lipinski definition) is 3. The van der Waals surface area contributed by atoms with Crippen LogP contribution in [-0.4, -0.2) is 51.7 Å². The van der Waals surface area contributed by atoms with E-state index >= 15 is 0 Å². The lowest BCUT2D eigenvalue weighted by Crippen LogP contribution is -2.48. The number of carbonyl (C=O) groups excluding carboxylic acids is 1. The first kappa shape index (κ1) is 11.9. The predicted octanol–water partition coefficient (Wildman–Crippen LogP) is -1.23. The number of β-amino-alcohol motifs (C(OH)–C–C–N with tert-alkyl or cyclic N) is 1. The molecule has 0 bridgehead atoms. The summed E-state index contributed by atoms with van der Waals surface area (Å²) in [4.78, 5) is 23.6. The van der Waals surface area contributed by atoms with Gasteiger partial charge in [-0.3, -0.25) is 4.79 Å². The van der Waals surface area contributed by atoms with Crippen LogP contribution < -0.4 is 5.73 Å². The van der Waals surface area contributed by atoms with Crippen LogP contribution >= 0.6 is 0 Å². The summed E-state index contributed by atoms with van der Waals surface area (Å²) in [7, 11) is 0. The summed E-state index contributed by atoms with van der Waals surface area (Å²) >= 11 is 0. The van der Waals surface area contributed by atoms with Gasteiger partial charge < -0.3 is 20.8 Å². The molecular weight excluding hydrogens is 200 g/mol. The molecule has 3 atom stereocenters. The van der Waals surface area contributed by atoms with Crippen molar-refractivity contribution < 1.29 is 19.8 Å². The number of hydrogen-bond acceptors (Lipinski definition) is 4. The third kappa shape index (κ3) is 2.45. The van der Waals surface area contributed by atoms with E-state index in [9.17, 15) is 14.7 Å². The summed E-state index contributed by atoms with van der Waals surface area (Å²) < 4.78 is 0. The summed E-state index contributed by atoms with van der Waals surface area (Å²) in [6, 6.07) is -1.62. The smallest absolute Gasteiger partial charge is 0.326 e. The monoisotopic (exact) mass is 216 g/mol. The standard InChI is InChI=1S/C9H16N2O4/c1-2-6(10)8(13)11-4-5(12)3-7(11)9(14)15/h5-7,12H,2-4,10H2,1H3,(H,14,15)/t5-,6+,7-/m0/s1. The van der Waals surface area contributed by atoms with Gasteiger partial charge in [-0.25, -0.2) is 4.79 Å². The zero-order valence-corrected chi connectivity index (χ0v) is 8.59. The highest BCUT2D eigenvalue weighted by atomic mass is 16.4. The van der Waals surface area contributed by atoms with Crippen molar-refractivity contribution in [2.45, 2.75) is 38.0 Å². The Morgan fingerprint density at radius 3 is 2.67 bits per heavy atom. The first-order chi connectivity index (χ1) is 6.97. The quantitative estimate of drug-likeness (QED) is 0.548. The molecule has 1 fully saturated rings. The highest BCUT2D eigenvalue weighted by molar-refractivity contribution is 5.87. The predicted molar refractivity (Wildman–Crippen MR) is 52.0 cm³/mol. The first-order valence-corrected chi connectivity index (χ1v) is 4.94. The fraction of sp³-hybridized carbons (Fsp3) is 0.778. The van der Waals surface area contributed by atoms with Crippen molar-refractivity contribution in [3.8, 4) is 0 Å². The van der Waals surface area contributed by atoms with Crippen LogP contribution in [0.15, 0.2) is 0 Å². The highest BCUT2D eigenvalue weighted by Crippen LogP contribution is 2.19. The summed E-state index contributed by atoms with van der Waals surface area (Å²) in [6.07, 6.45) is -0.228. The number of likely N-dealkylation sites (tertiary alicyclic amines) is 1. The molecule has 6 heteroatoms. The molecule has 0 spiro atoms. The molecule has 86 valence electrons. The Morgan fingerprint density at radius 2 is 2.20 bits per heavy atom. The number of carbonyl (C=O) groups is 2. The molecule has 0 radical (unpaired) electrons. The second-order valence-corrected chi connectivity index (χ2v) is 3.75. The lowest BCUT2D eigenvalue weighted by atomic mass is 10.1. The zero-order valence-electron chi connectivity index (χ0n) is 8.59. The number of rotatable bonds is 3. The molecule has 1 aliphatic rings. The Morgan fingerprint density at radius 1 is 1.60 bits per heavy atom. The van der Waals surface area contributed by atoms with Crippen LogP contribution in [0.4, 0.5) is 0 Å². The van der Waals surface area contributed by atoms with Gasteiger partial charge in [0, 0.05) is 13.0 Å². The van der Waals surface area contributed by atoms with Crippen LogP contribution in [-0.2, 0) is 9.59 Å². The maximum atomic E-state index is 11.7. The van der Waals surface area contributed by atoms with Crippen LogP contribution in [0.3, 0.4) is 0 Å². The van der Waals surface area contributed by atoms with Crippen molar-refractivity contribution in [1.29, 1.82) is 0 Å². The molecule has 4 N–H and O–H groups in total. The Bertz CT molecular complexity index is 269. The molecule has 6 nitrogen and oxygen atoms in total. The third-order valence-electron chi connectivity index (χ3n) is 2.60. The molecule has 15 heavy (non-hydrogen) atoms. The van der Waals surface area contributed by atoms with E-state index in [-0.39, 0.29) is 13.0 Å². The van der Waals surface area contributed by atoms with Crippen molar-refractivity contribution in [2.75, 3.05) is 6.54 Å². The number of aliphatic hydroxyl groups is 1. The van der Waals surface area contributed by atoms with Crippen molar-refractivity contribution in [3.05, 3.63) is 0 Å². The van der Waals surface area contributed by atoms with E-state index in [2.05, 4.69) is 0 Å². The van der Waals surface area contributed by atoms with Crippen molar-refractivity contribution >= 4 is 11.9 Å². The van der Waals surface area contributed by atoms with E-state index in [0.717, 1.165) is 4.90 Å². The summed E-state index contributed by atoms with van der Waals surface area (Å²) in [5.74, 6) is -1.50. The molecule has 1 aliphatic heterocycles. The van der Waals surface area contributed by atoms with E-state index in [1.54, 1.807) is 6.92 Å². The van der Waals surface area contributed by atoms with Gasteiger partial charge in [0.05, 0.1) is 12.1 Å². The molecule has 0 aromatic carbocycles. The van der Waals surface area contributed by atoms with Crippen molar-refractivity contribution in [2.24, 2.45) is 5.73 Å². The van der Waals surface area contributed by atoms with Crippen LogP contribution in [0, 0.1) is 0 Å². The summed E-state index contributed by atoms with van der Waals surface area (Å²) in [5.41, 5.74) is 5.54. The molecule has 0 unspecified atom stereocenters. The van der Waals surface area contributed by atoms with Gasteiger partial charge in [0.2, 0.25) is 5.91 Å². The second kappa shape index (κ2) is 4.59. The summed E-state index contributed by atoms with van der Waals surface area (Å²) in [6.45, 7) is 1.81. The average molecular weight is 216 g/mol. The zero-order chi connectivity index (χ0) is 11.6. The van der Waals surface area contributed by atoms with Gasteiger partial charge in [-0.2, -0.15) is 0 Å². The minimum atomic E-state index is -1.09. The van der Waals surface area contributed by atoms with Gasteiger partial charge in [0.15, 0.2) is 0 Å². The van der Waals surface area contributed by atoms with Crippen LogP contribution in [0.25, 0.3) is 0 Å². The molecule has 0 aromatic rings. The van der Waals surface area contributed by atoms with Gasteiger partial charge in [-0.15, -0.1) is 0 Å². The Hall–Kier alpha value is -1.14. The fourth-order valence-electron chi connectivity index (χ4n) is 1.68. The number of amides is 1. The molecule has 0 aliphatic carbocycles. The van der Waals surface area contributed by atoms with Crippen LogP contribution in [0.2, 0.25) is 0 Å². The molecule has 0 saturated carbocycles. The number of aliphatic hydroxyl groups excluding tert-OH is 1. The van der Waals surface area contributed by atoms with E-state index < -0.39 is 30.1 Å². The highest BCUT2D eigenvalue weighted by Gasteiger charge is 2.39. The number of carboxylic acids is 1. The molecule has 1 rings (SSSR count).